The van der Waals surface area contributed by atoms with Crippen molar-refractivity contribution in [2.75, 3.05) is 31.5 Å². The summed E-state index contributed by atoms with van der Waals surface area (Å²) >= 11 is 5.97. The molecule has 2 heterocycles. The summed E-state index contributed by atoms with van der Waals surface area (Å²) in [5.41, 5.74) is 1.66. The molecule has 2 aliphatic heterocycles. The molecule has 2 aliphatic rings. The average molecular weight is 441 g/mol. The minimum absolute atomic E-state index is 0.0226. The first-order valence-corrected chi connectivity index (χ1v) is 10.8. The Balaban J connectivity index is 1.29. The van der Waals surface area contributed by atoms with Crippen LogP contribution in [0.15, 0.2) is 54.6 Å². The molecule has 2 aromatic rings. The number of piperidine rings is 1. The minimum Gasteiger partial charge on any atom is -0.330 e. The van der Waals surface area contributed by atoms with Gasteiger partial charge in [0.1, 0.15) is 0 Å². The van der Waals surface area contributed by atoms with Crippen molar-refractivity contribution in [3.63, 3.8) is 0 Å². The second-order valence-corrected chi connectivity index (χ2v) is 8.31. The lowest BCUT2D eigenvalue weighted by Gasteiger charge is -2.42. The monoisotopic (exact) mass is 440 g/mol. The zero-order valence-electron chi connectivity index (χ0n) is 17.2. The predicted molar refractivity (Wildman–Crippen MR) is 119 cm³/mol. The summed E-state index contributed by atoms with van der Waals surface area (Å²) in [4.78, 5) is 42.9. The van der Waals surface area contributed by atoms with E-state index in [9.17, 15) is 14.4 Å². The van der Waals surface area contributed by atoms with Crippen molar-refractivity contribution in [1.29, 1.82) is 0 Å². The van der Waals surface area contributed by atoms with Crippen LogP contribution in [0.3, 0.4) is 0 Å². The molecule has 2 fully saturated rings. The topological polar surface area (TPSA) is 73.0 Å². The third-order valence-electron chi connectivity index (χ3n) is 5.83. The molecule has 4 amide bonds. The summed E-state index contributed by atoms with van der Waals surface area (Å²) in [5.74, 6) is -0.889. The van der Waals surface area contributed by atoms with Gasteiger partial charge in [-0.05, 0) is 36.6 Å². The van der Waals surface area contributed by atoms with Gasteiger partial charge in [0.2, 0.25) is 0 Å². The molecular weight excluding hydrogens is 416 g/mol. The van der Waals surface area contributed by atoms with Gasteiger partial charge in [0.05, 0.1) is 0 Å². The molecule has 0 unspecified atom stereocenters. The largest absolute Gasteiger partial charge is 0.330 e. The third kappa shape index (κ3) is 4.99. The van der Waals surface area contributed by atoms with Crippen LogP contribution in [0.5, 0.6) is 0 Å². The van der Waals surface area contributed by atoms with Gasteiger partial charge in [-0.1, -0.05) is 48.0 Å². The molecule has 8 heteroatoms. The third-order valence-corrected chi connectivity index (χ3v) is 6.06. The van der Waals surface area contributed by atoms with E-state index in [-0.39, 0.29) is 12.1 Å². The molecule has 2 aromatic carbocycles. The van der Waals surface area contributed by atoms with Gasteiger partial charge < -0.3 is 20.0 Å². The SMILES string of the molecule is O=C(Nc1cccc(Cl)c1)N1CCC(N2CCN(Cc3ccccc3)C(=O)C2=O)CC1. The molecule has 162 valence electrons. The van der Waals surface area contributed by atoms with Gasteiger partial charge in [-0.15, -0.1) is 0 Å². The molecule has 0 aromatic heterocycles. The lowest BCUT2D eigenvalue weighted by Crippen LogP contribution is -2.59. The Morgan fingerprint density at radius 2 is 1.68 bits per heavy atom. The van der Waals surface area contributed by atoms with Crippen molar-refractivity contribution in [1.82, 2.24) is 14.7 Å². The van der Waals surface area contributed by atoms with Crippen molar-refractivity contribution in [3.8, 4) is 0 Å². The van der Waals surface area contributed by atoms with E-state index in [1.807, 2.05) is 30.3 Å². The molecule has 0 bridgehead atoms. The maximum atomic E-state index is 12.7. The lowest BCUT2D eigenvalue weighted by atomic mass is 10.0. The molecule has 0 atom stereocenters. The number of nitrogens with one attached hydrogen (secondary N) is 1. The molecule has 2 saturated heterocycles. The number of carbonyl (C=O) groups excluding carboxylic acids is 3. The molecule has 7 nitrogen and oxygen atoms in total. The zero-order valence-corrected chi connectivity index (χ0v) is 17.9. The number of likely N-dealkylation sites (tertiary alicyclic amines) is 1. The summed E-state index contributed by atoms with van der Waals surface area (Å²) in [5, 5.41) is 3.41. The molecule has 4 rings (SSSR count). The van der Waals surface area contributed by atoms with E-state index in [0.29, 0.717) is 56.3 Å². The fraction of sp³-hybridized carbons (Fsp3) is 0.348. The van der Waals surface area contributed by atoms with Crippen LogP contribution in [0.4, 0.5) is 10.5 Å². The Hall–Kier alpha value is -3.06. The van der Waals surface area contributed by atoms with Crippen molar-refractivity contribution in [2.24, 2.45) is 0 Å². The number of amides is 4. The Labute approximate surface area is 186 Å². The maximum Gasteiger partial charge on any atom is 0.321 e. The molecule has 31 heavy (non-hydrogen) atoms. The lowest BCUT2D eigenvalue weighted by molar-refractivity contribution is -0.158. The molecule has 1 N–H and O–H groups in total. The smallest absolute Gasteiger partial charge is 0.321 e. The first kappa shape index (κ1) is 21.2. The van der Waals surface area contributed by atoms with Crippen LogP contribution in [-0.2, 0) is 16.1 Å². The number of hydrogen-bond donors (Lipinski definition) is 1. The van der Waals surface area contributed by atoms with Crippen LogP contribution in [0.1, 0.15) is 18.4 Å². The summed E-state index contributed by atoms with van der Waals surface area (Å²) in [6, 6.07) is 16.5. The second-order valence-electron chi connectivity index (χ2n) is 7.87. The predicted octanol–water partition coefficient (Wildman–Crippen LogP) is 3.21. The number of hydrogen-bond acceptors (Lipinski definition) is 3. The van der Waals surface area contributed by atoms with Gasteiger partial charge in [-0.25, -0.2) is 4.79 Å². The number of rotatable bonds is 4. The summed E-state index contributed by atoms with van der Waals surface area (Å²) in [6.45, 7) is 2.55. The standard InChI is InChI=1S/C23H25ClN4O3/c24-18-7-4-8-19(15-18)25-23(31)26-11-9-20(10-12-26)28-14-13-27(21(29)22(28)30)16-17-5-2-1-3-6-17/h1-8,15,20H,9-14,16H2,(H,25,31). The van der Waals surface area contributed by atoms with Crippen LogP contribution in [0, 0.1) is 0 Å². The van der Waals surface area contributed by atoms with Gasteiger partial charge in [0.15, 0.2) is 0 Å². The van der Waals surface area contributed by atoms with Crippen molar-refractivity contribution in [2.45, 2.75) is 25.4 Å². The van der Waals surface area contributed by atoms with Crippen molar-refractivity contribution >= 4 is 35.1 Å². The van der Waals surface area contributed by atoms with E-state index in [2.05, 4.69) is 5.32 Å². The highest BCUT2D eigenvalue weighted by atomic mass is 35.5. The highest BCUT2D eigenvalue weighted by molar-refractivity contribution is 6.35. The Morgan fingerprint density at radius 3 is 2.39 bits per heavy atom. The fourth-order valence-corrected chi connectivity index (χ4v) is 4.33. The van der Waals surface area contributed by atoms with Gasteiger partial charge in [0.25, 0.3) is 0 Å². The van der Waals surface area contributed by atoms with Gasteiger partial charge >= 0.3 is 17.8 Å². The Morgan fingerprint density at radius 1 is 0.935 bits per heavy atom. The van der Waals surface area contributed by atoms with Crippen molar-refractivity contribution < 1.29 is 14.4 Å². The fourth-order valence-electron chi connectivity index (χ4n) is 4.14. The van der Waals surface area contributed by atoms with Crippen LogP contribution in [0.25, 0.3) is 0 Å². The molecule has 0 aliphatic carbocycles. The number of benzene rings is 2. The molecular formula is C23H25ClN4O3. The van der Waals surface area contributed by atoms with E-state index in [4.69, 9.17) is 11.6 Å². The van der Waals surface area contributed by atoms with Gasteiger partial charge in [-0.2, -0.15) is 0 Å². The summed E-state index contributed by atoms with van der Waals surface area (Å²) in [6.07, 6.45) is 1.31. The quantitative estimate of drug-likeness (QED) is 0.742. The highest BCUT2D eigenvalue weighted by Gasteiger charge is 2.37. The van der Waals surface area contributed by atoms with Gasteiger partial charge in [0, 0.05) is 49.5 Å². The van der Waals surface area contributed by atoms with Crippen molar-refractivity contribution in [3.05, 3.63) is 65.2 Å². The first-order chi connectivity index (χ1) is 15.0. The maximum absolute atomic E-state index is 12.7. The second kappa shape index (κ2) is 9.39. The molecule has 0 spiro atoms. The van der Waals surface area contributed by atoms with Crippen LogP contribution in [0.2, 0.25) is 5.02 Å². The van der Waals surface area contributed by atoms with Crippen LogP contribution < -0.4 is 5.32 Å². The average Bonchev–Trinajstić information content (AvgIpc) is 2.78. The first-order valence-electron chi connectivity index (χ1n) is 10.5. The van der Waals surface area contributed by atoms with E-state index in [1.54, 1.807) is 39.0 Å². The number of carbonyl (C=O) groups is 3. The van der Waals surface area contributed by atoms with Gasteiger partial charge in [-0.3, -0.25) is 9.59 Å². The Kier molecular flexibility index (Phi) is 6.42. The highest BCUT2D eigenvalue weighted by Crippen LogP contribution is 2.22. The van der Waals surface area contributed by atoms with Crippen LogP contribution >= 0.6 is 11.6 Å². The number of halogens is 1. The Bertz CT molecular complexity index is 960. The zero-order chi connectivity index (χ0) is 21.8. The molecule has 0 saturated carbocycles. The van der Waals surface area contributed by atoms with E-state index in [1.165, 1.54) is 0 Å². The number of anilines is 1. The number of piperazine rings is 1. The normalized spacial score (nSPS) is 17.8. The summed E-state index contributed by atoms with van der Waals surface area (Å²) < 4.78 is 0. The van der Waals surface area contributed by atoms with E-state index in [0.717, 1.165) is 5.56 Å². The van der Waals surface area contributed by atoms with Crippen LogP contribution in [-0.4, -0.2) is 64.8 Å². The summed E-state index contributed by atoms with van der Waals surface area (Å²) in [7, 11) is 0. The molecule has 0 radical (unpaired) electrons. The van der Waals surface area contributed by atoms with E-state index < -0.39 is 11.8 Å². The van der Waals surface area contributed by atoms with E-state index >= 15 is 0 Å². The number of urea groups is 1. The minimum atomic E-state index is -0.448. The number of nitrogens with zero attached hydrogens (tertiary/aromatic N) is 3.